The molecule has 1 aromatic carbocycles. The molecule has 0 aliphatic carbocycles. The lowest BCUT2D eigenvalue weighted by Crippen LogP contribution is -2.14. The Balaban J connectivity index is 2.41. The minimum atomic E-state index is -4.03. The van der Waals surface area contributed by atoms with E-state index < -0.39 is 25.8 Å². The van der Waals surface area contributed by atoms with Crippen molar-refractivity contribution in [2.45, 2.75) is 4.90 Å². The van der Waals surface area contributed by atoms with Crippen LogP contribution in [0.2, 0.25) is 10.0 Å². The van der Waals surface area contributed by atoms with Crippen LogP contribution >= 0.6 is 39.1 Å². The number of halogens is 4. The van der Waals surface area contributed by atoms with Crippen molar-refractivity contribution < 1.29 is 12.8 Å². The van der Waals surface area contributed by atoms with Crippen LogP contribution in [0.4, 0.5) is 10.1 Å². The summed E-state index contributed by atoms with van der Waals surface area (Å²) in [6, 6.07) is 5.30. The first-order valence-electron chi connectivity index (χ1n) is 5.09. The number of pyridine rings is 1. The number of sulfonamides is 1. The van der Waals surface area contributed by atoms with E-state index in [0.717, 1.165) is 12.1 Å². The van der Waals surface area contributed by atoms with Crippen LogP contribution in [0.1, 0.15) is 0 Å². The predicted octanol–water partition coefficient (Wildman–Crippen LogP) is 4.09. The summed E-state index contributed by atoms with van der Waals surface area (Å²) in [6.45, 7) is 0. The van der Waals surface area contributed by atoms with Crippen LogP contribution in [0.15, 0.2) is 40.0 Å². The largest absolute Gasteiger partial charge is 0.278 e. The Kier molecular flexibility index (Phi) is 4.53. The molecule has 2 rings (SSSR count). The molecule has 1 aromatic heterocycles. The molecule has 9 heteroatoms. The lowest BCUT2D eigenvalue weighted by atomic mass is 10.3. The molecule has 1 N–H and O–H groups in total. The number of hydrogen-bond donors (Lipinski definition) is 1. The fraction of sp³-hybridized carbons (Fsp3) is 0. The summed E-state index contributed by atoms with van der Waals surface area (Å²) in [5.41, 5.74) is 0.222. The van der Waals surface area contributed by atoms with Crippen LogP contribution in [-0.2, 0) is 10.0 Å². The Morgan fingerprint density at radius 1 is 1.20 bits per heavy atom. The van der Waals surface area contributed by atoms with Gasteiger partial charge in [-0.1, -0.05) is 23.2 Å². The maximum atomic E-state index is 13.5. The highest BCUT2D eigenvalue weighted by Gasteiger charge is 2.22. The van der Waals surface area contributed by atoms with Gasteiger partial charge < -0.3 is 0 Å². The summed E-state index contributed by atoms with van der Waals surface area (Å²) in [7, 11) is -4.03. The van der Waals surface area contributed by atoms with Gasteiger partial charge >= 0.3 is 0 Å². The van der Waals surface area contributed by atoms with E-state index in [0.29, 0.717) is 4.60 Å². The fourth-order valence-corrected chi connectivity index (χ4v) is 3.39. The van der Waals surface area contributed by atoms with Gasteiger partial charge in [-0.05, 0) is 40.2 Å². The second-order valence-corrected chi connectivity index (χ2v) is 6.90. The molecule has 106 valence electrons. The van der Waals surface area contributed by atoms with Crippen molar-refractivity contribution in [3.8, 4) is 0 Å². The summed E-state index contributed by atoms with van der Waals surface area (Å²) in [6.07, 6.45) is 1.31. The topological polar surface area (TPSA) is 59.1 Å². The minimum absolute atomic E-state index is 0.222. The standard InChI is InChI=1S/C11H6BrCl2FN2O2S/c12-9-4-1-6(5-16-9)17-20(18,19)8-3-2-7(13)11(15)10(8)14/h1-5,17H. The maximum absolute atomic E-state index is 13.5. The number of hydrogen-bond acceptors (Lipinski definition) is 3. The third-order valence-electron chi connectivity index (χ3n) is 2.27. The summed E-state index contributed by atoms with van der Waals surface area (Å²) in [5, 5.41) is -0.811. The molecule has 0 atom stereocenters. The maximum Gasteiger partial charge on any atom is 0.263 e. The Labute approximate surface area is 133 Å². The minimum Gasteiger partial charge on any atom is -0.278 e. The average Bonchev–Trinajstić information content (AvgIpc) is 2.38. The van der Waals surface area contributed by atoms with Crippen LogP contribution in [0.25, 0.3) is 0 Å². The molecule has 2 aromatic rings. The number of aromatic nitrogens is 1. The molecule has 0 aliphatic heterocycles. The Morgan fingerprint density at radius 3 is 2.50 bits per heavy atom. The quantitative estimate of drug-likeness (QED) is 0.624. The lowest BCUT2D eigenvalue weighted by molar-refractivity contribution is 0.595. The van der Waals surface area contributed by atoms with Crippen molar-refractivity contribution in [3.63, 3.8) is 0 Å². The van der Waals surface area contributed by atoms with Crippen molar-refractivity contribution in [2.75, 3.05) is 4.72 Å². The number of anilines is 1. The molecule has 1 heterocycles. The van der Waals surface area contributed by atoms with E-state index >= 15 is 0 Å². The zero-order chi connectivity index (χ0) is 14.9. The van der Waals surface area contributed by atoms with Gasteiger partial charge in [-0.25, -0.2) is 17.8 Å². The summed E-state index contributed by atoms with van der Waals surface area (Å²) >= 11 is 14.3. The molecular formula is C11H6BrCl2FN2O2S. The molecule has 0 bridgehead atoms. The summed E-state index contributed by atoms with van der Waals surface area (Å²) in [4.78, 5) is 3.47. The Hall–Kier alpha value is -0.890. The van der Waals surface area contributed by atoms with Gasteiger partial charge in [0.25, 0.3) is 10.0 Å². The first-order valence-corrected chi connectivity index (χ1v) is 8.12. The molecule has 4 nitrogen and oxygen atoms in total. The van der Waals surface area contributed by atoms with Crippen LogP contribution in [-0.4, -0.2) is 13.4 Å². The SMILES string of the molecule is O=S(=O)(Nc1ccc(Br)nc1)c1ccc(Cl)c(F)c1Cl. The number of nitrogens with zero attached hydrogens (tertiary/aromatic N) is 1. The number of rotatable bonds is 3. The Bertz CT molecular complexity index is 754. The van der Waals surface area contributed by atoms with Crippen molar-refractivity contribution in [3.05, 3.63) is 50.9 Å². The highest BCUT2D eigenvalue weighted by Crippen LogP contribution is 2.30. The van der Waals surface area contributed by atoms with Crippen molar-refractivity contribution in [1.82, 2.24) is 4.98 Å². The van der Waals surface area contributed by atoms with Crippen LogP contribution < -0.4 is 4.72 Å². The van der Waals surface area contributed by atoms with Gasteiger partial charge in [0.2, 0.25) is 0 Å². The average molecular weight is 400 g/mol. The molecule has 0 aliphatic rings. The normalized spacial score (nSPS) is 11.4. The van der Waals surface area contributed by atoms with Crippen molar-refractivity contribution >= 4 is 54.8 Å². The third kappa shape index (κ3) is 3.22. The molecule has 0 spiro atoms. The van der Waals surface area contributed by atoms with E-state index in [2.05, 4.69) is 25.6 Å². The van der Waals surface area contributed by atoms with Crippen molar-refractivity contribution in [2.24, 2.45) is 0 Å². The first kappa shape index (κ1) is 15.5. The molecule has 0 saturated carbocycles. The van der Waals surface area contributed by atoms with Gasteiger partial charge in [0.15, 0.2) is 5.82 Å². The zero-order valence-corrected chi connectivity index (χ0v) is 13.5. The van der Waals surface area contributed by atoms with E-state index in [9.17, 15) is 12.8 Å². The van der Waals surface area contributed by atoms with E-state index in [1.54, 1.807) is 6.07 Å². The molecular weight excluding hydrogens is 394 g/mol. The van der Waals surface area contributed by atoms with Gasteiger partial charge in [-0.2, -0.15) is 0 Å². The van der Waals surface area contributed by atoms with Gasteiger partial charge in [0, 0.05) is 0 Å². The molecule has 0 fully saturated rings. The molecule has 20 heavy (non-hydrogen) atoms. The highest BCUT2D eigenvalue weighted by atomic mass is 79.9. The Morgan fingerprint density at radius 2 is 1.90 bits per heavy atom. The fourth-order valence-electron chi connectivity index (χ4n) is 1.36. The smallest absolute Gasteiger partial charge is 0.263 e. The third-order valence-corrected chi connectivity index (χ3v) is 4.94. The number of benzene rings is 1. The number of nitrogens with one attached hydrogen (secondary N) is 1. The second kappa shape index (κ2) is 5.85. The van der Waals surface area contributed by atoms with Gasteiger partial charge in [0.1, 0.15) is 9.50 Å². The van der Waals surface area contributed by atoms with Gasteiger partial charge in [0.05, 0.1) is 21.9 Å². The van der Waals surface area contributed by atoms with Crippen LogP contribution in [0, 0.1) is 5.82 Å². The molecule has 0 unspecified atom stereocenters. The first-order chi connectivity index (χ1) is 9.31. The monoisotopic (exact) mass is 398 g/mol. The molecule has 0 saturated heterocycles. The predicted molar refractivity (Wildman–Crippen MR) is 79.2 cm³/mol. The zero-order valence-electron chi connectivity index (χ0n) is 9.57. The molecule has 0 radical (unpaired) electrons. The van der Waals surface area contributed by atoms with Crippen LogP contribution in [0.5, 0.6) is 0 Å². The van der Waals surface area contributed by atoms with E-state index in [-0.39, 0.29) is 10.7 Å². The van der Waals surface area contributed by atoms with Gasteiger partial charge in [-0.15, -0.1) is 0 Å². The summed E-state index contributed by atoms with van der Waals surface area (Å²) < 4.78 is 40.6. The van der Waals surface area contributed by atoms with Gasteiger partial charge in [-0.3, -0.25) is 4.72 Å². The second-order valence-electron chi connectivity index (χ2n) is 3.65. The highest BCUT2D eigenvalue weighted by molar-refractivity contribution is 9.10. The summed E-state index contributed by atoms with van der Waals surface area (Å²) in [5.74, 6) is -0.981. The van der Waals surface area contributed by atoms with E-state index in [1.165, 1.54) is 12.3 Å². The van der Waals surface area contributed by atoms with E-state index in [1.807, 2.05) is 0 Å². The van der Waals surface area contributed by atoms with Crippen molar-refractivity contribution in [1.29, 1.82) is 0 Å². The lowest BCUT2D eigenvalue weighted by Gasteiger charge is -2.10. The van der Waals surface area contributed by atoms with E-state index in [4.69, 9.17) is 23.2 Å². The molecule has 0 amide bonds. The van der Waals surface area contributed by atoms with Crippen LogP contribution in [0.3, 0.4) is 0 Å².